The smallest absolute Gasteiger partial charge is 0.291 e. The Kier molecular flexibility index (Phi) is 3.97. The second-order valence-electron chi connectivity index (χ2n) is 4.30. The van der Waals surface area contributed by atoms with Gasteiger partial charge in [0.25, 0.3) is 5.91 Å². The highest BCUT2D eigenvalue weighted by atomic mass is 35.5. The van der Waals surface area contributed by atoms with Gasteiger partial charge < -0.3 is 0 Å². The molecule has 2 N–H and O–H groups in total. The molecule has 22 heavy (non-hydrogen) atoms. The zero-order chi connectivity index (χ0) is 15.4. The second kappa shape index (κ2) is 6.23. The topological polar surface area (TPSA) is 84.7 Å². The largest absolute Gasteiger partial charge is 0.295 e. The van der Waals surface area contributed by atoms with E-state index in [1.807, 2.05) is 30.3 Å². The summed E-state index contributed by atoms with van der Waals surface area (Å²) in [6, 6.07) is 12.8. The molecule has 0 saturated heterocycles. The zero-order valence-electron chi connectivity index (χ0n) is 11.3. The van der Waals surface area contributed by atoms with Crippen LogP contribution < -0.4 is 10.9 Å². The van der Waals surface area contributed by atoms with Crippen LogP contribution in [0.4, 0.5) is 5.69 Å². The summed E-state index contributed by atoms with van der Waals surface area (Å²) in [6.07, 6.45) is 3.10. The Morgan fingerprint density at radius 2 is 1.95 bits per heavy atom. The number of anilines is 1. The first-order valence-electron chi connectivity index (χ1n) is 6.39. The fourth-order valence-corrected chi connectivity index (χ4v) is 1.91. The predicted octanol–water partition coefficient (Wildman–Crippen LogP) is 2.07. The molecule has 0 spiro atoms. The van der Waals surface area contributed by atoms with Crippen molar-refractivity contribution in [1.29, 1.82) is 0 Å². The highest BCUT2D eigenvalue weighted by Gasteiger charge is 2.11. The van der Waals surface area contributed by atoms with Crippen molar-refractivity contribution in [2.75, 3.05) is 5.43 Å². The number of hydrazine groups is 1. The van der Waals surface area contributed by atoms with Gasteiger partial charge in [-0.2, -0.15) is 0 Å². The molecule has 2 heterocycles. The van der Waals surface area contributed by atoms with Crippen LogP contribution in [0.5, 0.6) is 0 Å². The fourth-order valence-electron chi connectivity index (χ4n) is 1.74. The number of hydrogen-bond donors (Lipinski definition) is 2. The van der Waals surface area contributed by atoms with E-state index in [0.29, 0.717) is 5.69 Å². The maximum absolute atomic E-state index is 12.0. The molecule has 0 bridgehead atoms. The van der Waals surface area contributed by atoms with Gasteiger partial charge in [-0.15, -0.1) is 5.10 Å². The van der Waals surface area contributed by atoms with Crippen molar-refractivity contribution in [2.24, 2.45) is 0 Å². The number of aromatic nitrogens is 4. The molecule has 0 radical (unpaired) electrons. The first-order chi connectivity index (χ1) is 10.7. The Labute approximate surface area is 130 Å². The Morgan fingerprint density at radius 3 is 2.73 bits per heavy atom. The average Bonchev–Trinajstić information content (AvgIpc) is 3.05. The van der Waals surface area contributed by atoms with E-state index in [0.717, 1.165) is 5.69 Å². The summed E-state index contributed by atoms with van der Waals surface area (Å²) >= 11 is 5.88. The van der Waals surface area contributed by atoms with Crippen LogP contribution in [0.2, 0.25) is 5.15 Å². The van der Waals surface area contributed by atoms with E-state index in [4.69, 9.17) is 11.6 Å². The van der Waals surface area contributed by atoms with Crippen molar-refractivity contribution in [2.45, 2.75) is 0 Å². The Morgan fingerprint density at radius 1 is 1.14 bits per heavy atom. The lowest BCUT2D eigenvalue weighted by Crippen LogP contribution is -2.29. The summed E-state index contributed by atoms with van der Waals surface area (Å²) in [7, 11) is 0. The van der Waals surface area contributed by atoms with Gasteiger partial charge in [0.05, 0.1) is 17.6 Å². The lowest BCUT2D eigenvalue weighted by Gasteiger charge is -2.07. The molecule has 0 aliphatic rings. The molecule has 3 rings (SSSR count). The van der Waals surface area contributed by atoms with Gasteiger partial charge in [0.2, 0.25) is 0 Å². The number of pyridine rings is 1. The van der Waals surface area contributed by atoms with Crippen LogP contribution >= 0.6 is 11.6 Å². The number of nitrogens with one attached hydrogen (secondary N) is 2. The van der Waals surface area contributed by atoms with E-state index in [1.165, 1.54) is 10.9 Å². The summed E-state index contributed by atoms with van der Waals surface area (Å²) in [4.78, 5) is 15.9. The number of carbonyl (C=O) groups is 1. The molecule has 7 nitrogen and oxygen atoms in total. The van der Waals surface area contributed by atoms with Gasteiger partial charge in [0, 0.05) is 6.20 Å². The molecule has 2 aromatic heterocycles. The summed E-state index contributed by atoms with van der Waals surface area (Å²) < 4.78 is 1.52. The van der Waals surface area contributed by atoms with Crippen LogP contribution in [0.1, 0.15) is 10.5 Å². The van der Waals surface area contributed by atoms with E-state index in [2.05, 4.69) is 26.1 Å². The third-order valence-corrected chi connectivity index (χ3v) is 3.12. The number of benzene rings is 1. The van der Waals surface area contributed by atoms with Gasteiger partial charge >= 0.3 is 0 Å². The number of para-hydroxylation sites is 1. The van der Waals surface area contributed by atoms with Crippen LogP contribution in [0.25, 0.3) is 5.69 Å². The summed E-state index contributed by atoms with van der Waals surface area (Å²) in [5.41, 5.74) is 6.67. The molecule has 0 aliphatic carbocycles. The highest BCUT2D eigenvalue weighted by molar-refractivity contribution is 6.31. The lowest BCUT2D eigenvalue weighted by atomic mass is 10.3. The third kappa shape index (κ3) is 3.04. The van der Waals surface area contributed by atoms with Crippen molar-refractivity contribution >= 4 is 23.2 Å². The first kappa shape index (κ1) is 14.0. The normalized spacial score (nSPS) is 10.2. The highest BCUT2D eigenvalue weighted by Crippen LogP contribution is 2.16. The molecule has 0 unspecified atom stereocenters. The van der Waals surface area contributed by atoms with E-state index < -0.39 is 5.91 Å². The quantitative estimate of drug-likeness (QED) is 0.569. The number of halogens is 1. The van der Waals surface area contributed by atoms with E-state index in [9.17, 15) is 4.79 Å². The third-order valence-electron chi connectivity index (χ3n) is 2.82. The Hall–Kier alpha value is -2.93. The standard InChI is InChI=1S/C14H11ClN6O/c15-13-11(7-4-8-16-13)17-19-14(22)12-9-21(20-18-12)10-5-2-1-3-6-10/h1-9,17H,(H,19,22). The Bertz CT molecular complexity index is 789. The lowest BCUT2D eigenvalue weighted by molar-refractivity contribution is 0.0957. The zero-order valence-corrected chi connectivity index (χ0v) is 12.0. The fraction of sp³-hybridized carbons (Fsp3) is 0. The molecule has 0 atom stereocenters. The van der Waals surface area contributed by atoms with Gasteiger partial charge in [-0.25, -0.2) is 9.67 Å². The van der Waals surface area contributed by atoms with Crippen molar-refractivity contribution in [3.05, 3.63) is 65.7 Å². The van der Waals surface area contributed by atoms with Crippen LogP contribution in [0, 0.1) is 0 Å². The average molecular weight is 315 g/mol. The first-order valence-corrected chi connectivity index (χ1v) is 6.76. The number of hydrogen-bond acceptors (Lipinski definition) is 5. The van der Waals surface area contributed by atoms with Gasteiger partial charge in [0.1, 0.15) is 0 Å². The van der Waals surface area contributed by atoms with E-state index in [-0.39, 0.29) is 10.8 Å². The molecular weight excluding hydrogens is 304 g/mol. The molecule has 110 valence electrons. The maximum atomic E-state index is 12.0. The molecule has 0 aliphatic heterocycles. The maximum Gasteiger partial charge on any atom is 0.291 e. The molecule has 1 amide bonds. The molecule has 8 heteroatoms. The molecule has 0 saturated carbocycles. The summed E-state index contributed by atoms with van der Waals surface area (Å²) in [6.45, 7) is 0. The minimum atomic E-state index is -0.429. The summed E-state index contributed by atoms with van der Waals surface area (Å²) in [5, 5.41) is 8.02. The predicted molar refractivity (Wildman–Crippen MR) is 81.7 cm³/mol. The molecular formula is C14H11ClN6O. The minimum Gasteiger partial charge on any atom is -0.295 e. The molecule has 1 aromatic carbocycles. The molecule has 3 aromatic rings. The summed E-state index contributed by atoms with van der Waals surface area (Å²) in [5.74, 6) is -0.429. The van der Waals surface area contributed by atoms with Gasteiger partial charge in [0.15, 0.2) is 10.8 Å². The van der Waals surface area contributed by atoms with Crippen LogP contribution in [0.15, 0.2) is 54.9 Å². The second-order valence-corrected chi connectivity index (χ2v) is 4.66. The van der Waals surface area contributed by atoms with Crippen LogP contribution in [-0.4, -0.2) is 25.9 Å². The van der Waals surface area contributed by atoms with Crippen molar-refractivity contribution in [3.63, 3.8) is 0 Å². The number of nitrogens with zero attached hydrogens (tertiary/aromatic N) is 4. The number of carbonyl (C=O) groups excluding carboxylic acids is 1. The van der Waals surface area contributed by atoms with Crippen LogP contribution in [-0.2, 0) is 0 Å². The van der Waals surface area contributed by atoms with Crippen molar-refractivity contribution in [1.82, 2.24) is 25.4 Å². The SMILES string of the molecule is O=C(NNc1cccnc1Cl)c1cn(-c2ccccc2)nn1. The minimum absolute atomic E-state index is 0.177. The van der Waals surface area contributed by atoms with E-state index >= 15 is 0 Å². The number of amides is 1. The molecule has 0 fully saturated rings. The van der Waals surface area contributed by atoms with Crippen molar-refractivity contribution < 1.29 is 4.79 Å². The Balaban J connectivity index is 1.69. The van der Waals surface area contributed by atoms with Gasteiger partial charge in [-0.1, -0.05) is 35.0 Å². The monoisotopic (exact) mass is 314 g/mol. The van der Waals surface area contributed by atoms with Gasteiger partial charge in [-0.05, 0) is 24.3 Å². The van der Waals surface area contributed by atoms with Crippen LogP contribution in [0.3, 0.4) is 0 Å². The van der Waals surface area contributed by atoms with Gasteiger partial charge in [-0.3, -0.25) is 15.6 Å². The van der Waals surface area contributed by atoms with Crippen molar-refractivity contribution in [3.8, 4) is 5.69 Å². The number of rotatable bonds is 4. The van der Waals surface area contributed by atoms with E-state index in [1.54, 1.807) is 18.3 Å².